The van der Waals surface area contributed by atoms with Crippen molar-refractivity contribution < 1.29 is 14.4 Å². The van der Waals surface area contributed by atoms with E-state index in [2.05, 4.69) is 9.97 Å². The van der Waals surface area contributed by atoms with Gasteiger partial charge in [0.25, 0.3) is 5.91 Å². The number of fused-ring (bicyclic) bond motifs is 2. The molecule has 1 aliphatic heterocycles. The van der Waals surface area contributed by atoms with Crippen LogP contribution in [0.2, 0.25) is 5.15 Å². The number of rotatable bonds is 4. The smallest absolute Gasteiger partial charge is 0.262 e. The Morgan fingerprint density at radius 3 is 2.59 bits per heavy atom. The number of benzene rings is 1. The molecule has 148 valence electrons. The maximum absolute atomic E-state index is 13.2. The minimum Gasteiger partial charge on any atom is -0.273 e. The maximum atomic E-state index is 13.2. The molecule has 4 rings (SSSR count). The van der Waals surface area contributed by atoms with E-state index >= 15 is 0 Å². The van der Waals surface area contributed by atoms with Gasteiger partial charge in [-0.25, -0.2) is 19.9 Å². The van der Waals surface area contributed by atoms with Crippen molar-refractivity contribution in [2.24, 2.45) is 0 Å². The molecule has 8 heteroatoms. The van der Waals surface area contributed by atoms with E-state index in [1.54, 1.807) is 24.3 Å². The first-order chi connectivity index (χ1) is 13.9. The average Bonchev–Trinajstić information content (AvgIpc) is 2.97. The Morgan fingerprint density at radius 1 is 1.14 bits per heavy atom. The third-order valence-electron chi connectivity index (χ3n) is 4.65. The zero-order chi connectivity index (χ0) is 20.7. The highest BCUT2D eigenvalue weighted by molar-refractivity contribution is 6.29. The molecule has 29 heavy (non-hydrogen) atoms. The second kappa shape index (κ2) is 7.42. The molecule has 3 heterocycles. The highest BCUT2D eigenvalue weighted by Gasteiger charge is 2.41. The fraction of sp³-hybridized carbons (Fsp3) is 0.238. The van der Waals surface area contributed by atoms with Crippen molar-refractivity contribution in [3.05, 3.63) is 64.8 Å². The van der Waals surface area contributed by atoms with Crippen molar-refractivity contribution in [3.63, 3.8) is 0 Å². The number of hydrogen-bond acceptors (Lipinski definition) is 5. The molecular formula is C21H19ClN4O3. The summed E-state index contributed by atoms with van der Waals surface area (Å²) in [6.45, 7) is 5.11. The number of hydroxylamine groups is 2. The maximum Gasteiger partial charge on any atom is 0.262 e. The van der Waals surface area contributed by atoms with E-state index in [4.69, 9.17) is 16.4 Å². The second-order valence-corrected chi connectivity index (χ2v) is 7.40. The summed E-state index contributed by atoms with van der Waals surface area (Å²) in [6.07, 6.45) is -0.825. The Balaban J connectivity index is 1.82. The SMILES string of the molecule is CC(=O)N(OC1c2ccccc2C(=O)N1c1ccc2ccc(Cl)nc2n1)C(C)C. The predicted molar refractivity (Wildman–Crippen MR) is 109 cm³/mol. The highest BCUT2D eigenvalue weighted by Crippen LogP contribution is 2.38. The van der Waals surface area contributed by atoms with Crippen LogP contribution < -0.4 is 4.90 Å². The fourth-order valence-electron chi connectivity index (χ4n) is 3.38. The topological polar surface area (TPSA) is 75.6 Å². The van der Waals surface area contributed by atoms with E-state index < -0.39 is 6.23 Å². The molecule has 0 bridgehead atoms. The monoisotopic (exact) mass is 410 g/mol. The molecule has 1 atom stereocenters. The minimum absolute atomic E-state index is 0.206. The quantitative estimate of drug-likeness (QED) is 0.477. The molecule has 1 unspecified atom stereocenters. The summed E-state index contributed by atoms with van der Waals surface area (Å²) in [6, 6.07) is 14.0. The average molecular weight is 411 g/mol. The van der Waals surface area contributed by atoms with Gasteiger partial charge in [0.1, 0.15) is 11.0 Å². The van der Waals surface area contributed by atoms with Crippen molar-refractivity contribution in [3.8, 4) is 0 Å². The van der Waals surface area contributed by atoms with Gasteiger partial charge >= 0.3 is 0 Å². The number of carbonyl (C=O) groups excluding carboxylic acids is 2. The Morgan fingerprint density at radius 2 is 1.86 bits per heavy atom. The molecule has 1 aliphatic rings. The van der Waals surface area contributed by atoms with E-state index in [0.29, 0.717) is 27.7 Å². The number of amides is 2. The van der Waals surface area contributed by atoms with Crippen molar-refractivity contribution in [1.82, 2.24) is 15.0 Å². The van der Waals surface area contributed by atoms with Crippen molar-refractivity contribution in [2.45, 2.75) is 33.0 Å². The Hall–Kier alpha value is -3.03. The van der Waals surface area contributed by atoms with Gasteiger partial charge in [-0.1, -0.05) is 29.8 Å². The second-order valence-electron chi connectivity index (χ2n) is 7.01. The number of pyridine rings is 2. The van der Waals surface area contributed by atoms with Crippen LogP contribution in [0.3, 0.4) is 0 Å². The van der Waals surface area contributed by atoms with Gasteiger partial charge in [0.2, 0.25) is 5.91 Å². The number of anilines is 1. The molecule has 0 N–H and O–H groups in total. The van der Waals surface area contributed by atoms with E-state index in [0.717, 1.165) is 5.39 Å². The van der Waals surface area contributed by atoms with Crippen LogP contribution in [0.4, 0.5) is 5.82 Å². The van der Waals surface area contributed by atoms with Gasteiger partial charge in [-0.15, -0.1) is 0 Å². The molecule has 2 amide bonds. The van der Waals surface area contributed by atoms with Crippen LogP contribution in [0.15, 0.2) is 48.5 Å². The number of nitrogens with zero attached hydrogens (tertiary/aromatic N) is 4. The van der Waals surface area contributed by atoms with Crippen LogP contribution >= 0.6 is 11.6 Å². The zero-order valence-corrected chi connectivity index (χ0v) is 16.9. The van der Waals surface area contributed by atoms with Gasteiger partial charge < -0.3 is 0 Å². The first kappa shape index (κ1) is 19.3. The number of aromatic nitrogens is 2. The largest absolute Gasteiger partial charge is 0.273 e. The van der Waals surface area contributed by atoms with Crippen molar-refractivity contribution in [2.75, 3.05) is 4.90 Å². The first-order valence-corrected chi connectivity index (χ1v) is 9.57. The van der Waals surface area contributed by atoms with Crippen molar-refractivity contribution >= 4 is 40.3 Å². The molecule has 0 saturated carbocycles. The van der Waals surface area contributed by atoms with E-state index in [1.807, 2.05) is 38.1 Å². The van der Waals surface area contributed by atoms with Crippen LogP contribution in [0.1, 0.15) is 42.9 Å². The van der Waals surface area contributed by atoms with E-state index in [9.17, 15) is 9.59 Å². The lowest BCUT2D eigenvalue weighted by Gasteiger charge is -2.31. The van der Waals surface area contributed by atoms with Gasteiger partial charge in [0.05, 0.1) is 6.04 Å². The lowest BCUT2D eigenvalue weighted by atomic mass is 10.1. The molecule has 0 aliphatic carbocycles. The summed E-state index contributed by atoms with van der Waals surface area (Å²) in [4.78, 5) is 41.5. The Labute approximate surface area is 172 Å². The van der Waals surface area contributed by atoms with Gasteiger partial charge in [-0.3, -0.25) is 14.5 Å². The third-order valence-corrected chi connectivity index (χ3v) is 4.86. The van der Waals surface area contributed by atoms with Crippen LogP contribution in [0.25, 0.3) is 11.0 Å². The molecule has 0 saturated heterocycles. The molecule has 2 aromatic heterocycles. The van der Waals surface area contributed by atoms with Crippen LogP contribution in [0.5, 0.6) is 0 Å². The van der Waals surface area contributed by atoms with Gasteiger partial charge in [0, 0.05) is 23.4 Å². The predicted octanol–water partition coefficient (Wildman–Crippen LogP) is 4.13. The normalized spacial score (nSPS) is 15.8. The third kappa shape index (κ3) is 3.43. The van der Waals surface area contributed by atoms with Gasteiger partial charge in [-0.05, 0) is 44.2 Å². The number of carbonyl (C=O) groups is 2. The van der Waals surface area contributed by atoms with Crippen LogP contribution in [-0.4, -0.2) is 32.9 Å². The lowest BCUT2D eigenvalue weighted by molar-refractivity contribution is -0.215. The summed E-state index contributed by atoms with van der Waals surface area (Å²) < 4.78 is 0. The van der Waals surface area contributed by atoms with E-state index in [-0.39, 0.29) is 17.9 Å². The first-order valence-electron chi connectivity index (χ1n) is 9.19. The molecular weight excluding hydrogens is 392 g/mol. The Kier molecular flexibility index (Phi) is 4.94. The van der Waals surface area contributed by atoms with Crippen LogP contribution in [0, 0.1) is 0 Å². The molecule has 3 aromatic rings. The lowest BCUT2D eigenvalue weighted by Crippen LogP contribution is -2.41. The van der Waals surface area contributed by atoms with Gasteiger partial charge in [-0.2, -0.15) is 0 Å². The summed E-state index contributed by atoms with van der Waals surface area (Å²) >= 11 is 6.00. The van der Waals surface area contributed by atoms with Gasteiger partial charge in [0.15, 0.2) is 11.9 Å². The van der Waals surface area contributed by atoms with Crippen LogP contribution in [-0.2, 0) is 9.63 Å². The number of hydrogen-bond donors (Lipinski definition) is 0. The standard InChI is InChI=1S/C21H19ClN4O3/c1-12(2)26(13(3)27)29-21-16-7-5-4-6-15(16)20(28)25(21)18-11-9-14-8-10-17(22)23-19(14)24-18/h4-12,21H,1-3H3. The molecule has 1 aromatic carbocycles. The Bertz CT molecular complexity index is 1120. The minimum atomic E-state index is -0.825. The van der Waals surface area contributed by atoms with Crippen molar-refractivity contribution in [1.29, 1.82) is 0 Å². The molecule has 0 radical (unpaired) electrons. The number of halogens is 1. The fourth-order valence-corrected chi connectivity index (χ4v) is 3.52. The molecule has 7 nitrogen and oxygen atoms in total. The summed E-state index contributed by atoms with van der Waals surface area (Å²) in [7, 11) is 0. The molecule has 0 spiro atoms. The summed E-state index contributed by atoms with van der Waals surface area (Å²) in [5.41, 5.74) is 1.60. The summed E-state index contributed by atoms with van der Waals surface area (Å²) in [5.74, 6) is -0.144. The van der Waals surface area contributed by atoms with E-state index in [1.165, 1.54) is 16.9 Å². The molecule has 0 fully saturated rings. The zero-order valence-electron chi connectivity index (χ0n) is 16.2. The summed E-state index contributed by atoms with van der Waals surface area (Å²) in [5, 5.41) is 2.38. The highest BCUT2D eigenvalue weighted by atomic mass is 35.5.